The van der Waals surface area contributed by atoms with Gasteiger partial charge < -0.3 is 14.6 Å². The predicted molar refractivity (Wildman–Crippen MR) is 128 cm³/mol. The Morgan fingerprint density at radius 3 is 2.65 bits per heavy atom. The Hall–Kier alpha value is -3.68. The summed E-state index contributed by atoms with van der Waals surface area (Å²) in [7, 11) is 0. The van der Waals surface area contributed by atoms with E-state index in [1.165, 1.54) is 12.1 Å². The number of carbonyl (C=O) groups is 1. The second-order valence-corrected chi connectivity index (χ2v) is 8.68. The fourth-order valence-electron chi connectivity index (χ4n) is 4.33. The average Bonchev–Trinajstić information content (AvgIpc) is 3.49. The topological polar surface area (TPSA) is 99.7 Å². The van der Waals surface area contributed by atoms with Crippen molar-refractivity contribution in [2.75, 3.05) is 6.54 Å². The molecule has 0 unspecified atom stereocenters. The molecule has 8 heteroatoms. The third-order valence-corrected chi connectivity index (χ3v) is 6.27. The van der Waals surface area contributed by atoms with E-state index in [2.05, 4.69) is 9.88 Å². The lowest BCUT2D eigenvalue weighted by atomic mass is 10.1. The monoisotopic (exact) mass is 475 g/mol. The SMILES string of the molecule is O=C(O)c1ccc(-c2ccc(CN3CCC[C@H]3c3ccnc(-c4ccc(Cl)cc4)n3)o2)cc1O. The van der Waals surface area contributed by atoms with E-state index >= 15 is 0 Å². The van der Waals surface area contributed by atoms with Gasteiger partial charge in [-0.25, -0.2) is 14.8 Å². The number of aromatic carboxylic acids is 1. The highest BCUT2D eigenvalue weighted by Gasteiger charge is 2.28. The van der Waals surface area contributed by atoms with Gasteiger partial charge in [0, 0.05) is 22.3 Å². The van der Waals surface area contributed by atoms with Gasteiger partial charge in [0.2, 0.25) is 0 Å². The summed E-state index contributed by atoms with van der Waals surface area (Å²) in [5.41, 5.74) is 2.37. The van der Waals surface area contributed by atoms with Crippen LogP contribution in [0.3, 0.4) is 0 Å². The van der Waals surface area contributed by atoms with Gasteiger partial charge in [-0.2, -0.15) is 0 Å². The molecule has 4 aromatic rings. The van der Waals surface area contributed by atoms with E-state index in [-0.39, 0.29) is 17.4 Å². The standard InChI is InChI=1S/C26H22ClN3O4/c27-18-6-3-16(4-7-18)25-28-12-11-21(29-25)22-2-1-13-30(22)15-19-8-10-24(34-19)17-5-9-20(26(32)33)23(31)14-17/h3-12,14,22,31H,1-2,13,15H2,(H,32,33)/t22-/m0/s1. The first-order valence-corrected chi connectivity index (χ1v) is 11.3. The lowest BCUT2D eigenvalue weighted by Gasteiger charge is -2.23. The van der Waals surface area contributed by atoms with E-state index in [1.807, 2.05) is 42.5 Å². The number of carboxylic acid groups (broad SMARTS) is 1. The van der Waals surface area contributed by atoms with Crippen LogP contribution in [0.1, 0.15) is 40.7 Å². The van der Waals surface area contributed by atoms with Crippen molar-refractivity contribution >= 4 is 17.6 Å². The maximum Gasteiger partial charge on any atom is 0.339 e. The van der Waals surface area contributed by atoms with Crippen molar-refractivity contribution < 1.29 is 19.4 Å². The summed E-state index contributed by atoms with van der Waals surface area (Å²) in [6.07, 6.45) is 3.85. The molecule has 0 aliphatic carbocycles. The van der Waals surface area contributed by atoms with Gasteiger partial charge in [-0.15, -0.1) is 0 Å². The van der Waals surface area contributed by atoms with Crippen LogP contribution in [-0.4, -0.2) is 37.6 Å². The van der Waals surface area contributed by atoms with Crippen molar-refractivity contribution in [2.45, 2.75) is 25.4 Å². The summed E-state index contributed by atoms with van der Waals surface area (Å²) in [6.45, 7) is 1.54. The number of rotatable bonds is 6. The maximum atomic E-state index is 11.1. The number of aromatic hydroxyl groups is 1. The number of aromatic nitrogens is 2. The number of nitrogens with zero attached hydrogens (tertiary/aromatic N) is 3. The van der Waals surface area contributed by atoms with Gasteiger partial charge >= 0.3 is 5.97 Å². The van der Waals surface area contributed by atoms with Gasteiger partial charge in [0.25, 0.3) is 0 Å². The maximum absolute atomic E-state index is 11.1. The van der Waals surface area contributed by atoms with Crippen molar-refractivity contribution in [3.8, 4) is 28.5 Å². The minimum absolute atomic E-state index is 0.141. The van der Waals surface area contributed by atoms with Crippen LogP contribution in [0.5, 0.6) is 5.75 Å². The molecule has 1 aliphatic rings. The molecule has 1 atom stereocenters. The summed E-state index contributed by atoms with van der Waals surface area (Å²) in [4.78, 5) is 22.7. The quantitative estimate of drug-likeness (QED) is 0.363. The lowest BCUT2D eigenvalue weighted by molar-refractivity contribution is 0.0693. The number of furan rings is 1. The van der Waals surface area contributed by atoms with Gasteiger partial charge in [0.15, 0.2) is 5.82 Å². The van der Waals surface area contributed by atoms with E-state index in [0.717, 1.165) is 36.4 Å². The van der Waals surface area contributed by atoms with E-state index in [1.54, 1.807) is 12.3 Å². The number of hydrogen-bond acceptors (Lipinski definition) is 6. The second-order valence-electron chi connectivity index (χ2n) is 8.24. The first-order valence-electron chi connectivity index (χ1n) is 11.0. The summed E-state index contributed by atoms with van der Waals surface area (Å²) < 4.78 is 6.03. The first-order chi connectivity index (χ1) is 16.5. The molecule has 7 nitrogen and oxygen atoms in total. The molecular formula is C26H22ClN3O4. The molecule has 0 radical (unpaired) electrons. The van der Waals surface area contributed by atoms with Crippen molar-refractivity contribution in [2.24, 2.45) is 0 Å². The zero-order chi connectivity index (χ0) is 23.7. The van der Waals surface area contributed by atoms with Gasteiger partial charge in [-0.3, -0.25) is 4.90 Å². The molecule has 34 heavy (non-hydrogen) atoms. The zero-order valence-corrected chi connectivity index (χ0v) is 18.9. The van der Waals surface area contributed by atoms with Gasteiger partial charge in [0.05, 0.1) is 18.3 Å². The van der Waals surface area contributed by atoms with E-state index in [4.69, 9.17) is 26.1 Å². The van der Waals surface area contributed by atoms with Crippen molar-refractivity contribution in [3.63, 3.8) is 0 Å². The van der Waals surface area contributed by atoms with E-state index < -0.39 is 5.97 Å². The van der Waals surface area contributed by atoms with Crippen molar-refractivity contribution in [1.29, 1.82) is 0 Å². The number of halogens is 1. The predicted octanol–water partition coefficient (Wildman–Crippen LogP) is 5.80. The van der Waals surface area contributed by atoms with Gasteiger partial charge in [-0.05, 0) is 74.0 Å². The van der Waals surface area contributed by atoms with Crippen LogP contribution in [-0.2, 0) is 6.54 Å². The van der Waals surface area contributed by atoms with Crippen LogP contribution in [0.25, 0.3) is 22.7 Å². The molecule has 2 aromatic heterocycles. The summed E-state index contributed by atoms with van der Waals surface area (Å²) in [6, 6.07) is 17.8. The van der Waals surface area contributed by atoms with E-state index in [0.29, 0.717) is 28.7 Å². The normalized spacial score (nSPS) is 16.1. The molecule has 2 aromatic carbocycles. The van der Waals surface area contributed by atoms with Crippen LogP contribution in [0.2, 0.25) is 5.02 Å². The molecule has 172 valence electrons. The van der Waals surface area contributed by atoms with Crippen LogP contribution in [0.15, 0.2) is 71.3 Å². The fraction of sp³-hybridized carbons (Fsp3) is 0.192. The average molecular weight is 476 g/mol. The largest absolute Gasteiger partial charge is 0.507 e. The van der Waals surface area contributed by atoms with Crippen LogP contribution < -0.4 is 0 Å². The number of carboxylic acids is 1. The number of hydrogen-bond donors (Lipinski definition) is 2. The Bertz CT molecular complexity index is 1340. The lowest BCUT2D eigenvalue weighted by Crippen LogP contribution is -2.23. The summed E-state index contributed by atoms with van der Waals surface area (Å²) in [5.74, 6) is 0.572. The third kappa shape index (κ3) is 4.53. The Morgan fingerprint density at radius 1 is 1.09 bits per heavy atom. The molecule has 0 saturated carbocycles. The first kappa shape index (κ1) is 22.1. The Labute approximate surface area is 201 Å². The fourth-order valence-corrected chi connectivity index (χ4v) is 4.46. The van der Waals surface area contributed by atoms with E-state index in [9.17, 15) is 9.90 Å². The molecule has 3 heterocycles. The zero-order valence-electron chi connectivity index (χ0n) is 18.2. The van der Waals surface area contributed by atoms with Crippen molar-refractivity contribution in [3.05, 3.63) is 88.9 Å². The highest BCUT2D eigenvalue weighted by molar-refractivity contribution is 6.30. The number of phenols is 1. The minimum atomic E-state index is -1.17. The van der Waals surface area contributed by atoms with Gasteiger partial charge in [0.1, 0.15) is 22.8 Å². The highest BCUT2D eigenvalue weighted by Crippen LogP contribution is 2.34. The number of benzene rings is 2. The Morgan fingerprint density at radius 2 is 1.88 bits per heavy atom. The van der Waals surface area contributed by atoms with Crippen LogP contribution >= 0.6 is 11.6 Å². The summed E-state index contributed by atoms with van der Waals surface area (Å²) >= 11 is 6.01. The molecule has 2 N–H and O–H groups in total. The van der Waals surface area contributed by atoms with Crippen LogP contribution in [0.4, 0.5) is 0 Å². The summed E-state index contributed by atoms with van der Waals surface area (Å²) in [5, 5.41) is 19.8. The molecule has 1 saturated heterocycles. The Balaban J connectivity index is 1.34. The second kappa shape index (κ2) is 9.29. The van der Waals surface area contributed by atoms with Crippen molar-refractivity contribution in [1.82, 2.24) is 14.9 Å². The Kier molecular flexibility index (Phi) is 6.04. The third-order valence-electron chi connectivity index (χ3n) is 6.02. The van der Waals surface area contributed by atoms with Gasteiger partial charge in [-0.1, -0.05) is 17.7 Å². The smallest absolute Gasteiger partial charge is 0.339 e. The number of likely N-dealkylation sites (tertiary alicyclic amines) is 1. The molecule has 1 fully saturated rings. The molecule has 0 amide bonds. The molecule has 1 aliphatic heterocycles. The molecule has 5 rings (SSSR count). The molecular weight excluding hydrogens is 454 g/mol. The molecule has 0 spiro atoms. The highest BCUT2D eigenvalue weighted by atomic mass is 35.5. The van der Waals surface area contributed by atoms with Crippen LogP contribution in [0, 0.1) is 0 Å². The minimum Gasteiger partial charge on any atom is -0.507 e. The molecule has 0 bridgehead atoms.